The number of rotatable bonds is 27. The van der Waals surface area contributed by atoms with E-state index in [1.807, 2.05) is 0 Å². The van der Waals surface area contributed by atoms with Crippen LogP contribution >= 0.6 is 0 Å². The van der Waals surface area contributed by atoms with Crippen molar-refractivity contribution in [1.82, 2.24) is 16.0 Å². The summed E-state index contributed by atoms with van der Waals surface area (Å²) in [6.07, 6.45) is -85.1. The third-order valence-corrected chi connectivity index (χ3v) is 19.9. The Labute approximate surface area is 611 Å². The van der Waals surface area contributed by atoms with Crippen LogP contribution in [0.15, 0.2) is 0 Å². The summed E-state index contributed by atoms with van der Waals surface area (Å²) in [5.74, 6) is -2.82. The fourth-order valence-corrected chi connectivity index (χ4v) is 14.0. The van der Waals surface area contributed by atoms with Crippen molar-refractivity contribution in [2.24, 2.45) is 0 Å². The van der Waals surface area contributed by atoms with Crippen molar-refractivity contribution in [2.45, 2.75) is 304 Å². The molecule has 0 spiro atoms. The first-order valence-corrected chi connectivity index (χ1v) is 34.5. The number of hydrogen-bond donors (Lipinski definition) is 28. The molecule has 0 radical (unpaired) electrons. The second-order valence-electron chi connectivity index (χ2n) is 27.4. The lowest BCUT2D eigenvalue weighted by Gasteiger charge is -2.51. The number of hydrogen-bond acceptors (Lipinski definition) is 45. The molecule has 9 rings (SSSR count). The maximum atomic E-state index is 13.5. The second-order valence-corrected chi connectivity index (χ2v) is 27.4. The molecular weight excluding hydrogens is 1480 g/mol. The Morgan fingerprint density at radius 1 is 0.259 bits per heavy atom. The van der Waals surface area contributed by atoms with Crippen molar-refractivity contribution >= 4 is 17.7 Å². The number of amides is 3. The molecule has 0 aromatic heterocycles. The molecule has 9 aliphatic rings. The molecule has 3 amide bonds. The zero-order chi connectivity index (χ0) is 79.5. The van der Waals surface area contributed by atoms with Gasteiger partial charge in [0.2, 0.25) is 17.7 Å². The van der Waals surface area contributed by atoms with Gasteiger partial charge in [0.05, 0.1) is 59.0 Å². The summed E-state index contributed by atoms with van der Waals surface area (Å²) in [6.45, 7) is -4.54. The predicted molar refractivity (Wildman–Crippen MR) is 330 cm³/mol. The number of nitrogens with one attached hydrogen (secondary N) is 3. The fraction of sp³-hybridized carbons (Fsp3) is 0.950. The van der Waals surface area contributed by atoms with Crippen LogP contribution in [0.2, 0.25) is 0 Å². The number of ether oxygens (including phenoxy) is 17. The summed E-state index contributed by atoms with van der Waals surface area (Å²) in [7, 11) is 0. The van der Waals surface area contributed by atoms with Crippen molar-refractivity contribution in [3.05, 3.63) is 0 Å². The Morgan fingerprint density at radius 3 is 0.972 bits per heavy atom. The standard InChI is InChI=1S/C60H101N3O45/c1-13-28(74)35(81)40(86)56(93-13)106-49-27(63-16(4)73)53(98-23(11-70)48(49)105-59-43(89)50(31(77)19(7-66)97-59)107-54-25(61-14(2)71)33(79)45(21(9-68)99-54)102-57-41(87)36(82)29(75)17(5-64)95-57)92-12-24-32(78)51(44(90)60(101-24)104-47-20(8-67)94-52(91)39(85)38(47)84)108-55-26(62-15(3)72)34(80)46(22(10-69)100-55)103-58-42(88)37(83)30(76)18(6-65)96-58/h13,17-60,64-70,74-91H,5-12H2,1-4H3,(H,61,71)(H,62,72)(H,63,73). The smallest absolute Gasteiger partial charge is 0.217 e. The Hall–Kier alpha value is -3.27. The largest absolute Gasteiger partial charge is 0.394 e. The molecule has 9 fully saturated rings. The highest BCUT2D eigenvalue weighted by atomic mass is 16.8. The maximum absolute atomic E-state index is 13.5. The Morgan fingerprint density at radius 2 is 0.556 bits per heavy atom. The van der Waals surface area contributed by atoms with Crippen molar-refractivity contribution in [3.63, 3.8) is 0 Å². The first-order valence-electron chi connectivity index (χ1n) is 34.5. The minimum atomic E-state index is -2.40. The van der Waals surface area contributed by atoms with Crippen LogP contribution in [-0.2, 0) is 94.9 Å². The monoisotopic (exact) mass is 1580 g/mol. The molecule has 0 aromatic carbocycles. The van der Waals surface area contributed by atoms with Crippen molar-refractivity contribution < 1.29 is 223 Å². The highest BCUT2D eigenvalue weighted by Crippen LogP contribution is 2.40. The van der Waals surface area contributed by atoms with Gasteiger partial charge in [0.1, 0.15) is 213 Å². The van der Waals surface area contributed by atoms with Gasteiger partial charge in [0.25, 0.3) is 0 Å². The zero-order valence-electron chi connectivity index (χ0n) is 58.0. The molecule has 0 saturated carbocycles. The van der Waals surface area contributed by atoms with Gasteiger partial charge in [-0.3, -0.25) is 14.4 Å². The molecule has 28 N–H and O–H groups in total. The van der Waals surface area contributed by atoms with E-state index in [1.165, 1.54) is 6.92 Å². The summed E-state index contributed by atoms with van der Waals surface area (Å²) >= 11 is 0. The lowest BCUT2D eigenvalue weighted by molar-refractivity contribution is -0.391. The average Bonchev–Trinajstić information content (AvgIpc) is 0.768. The summed E-state index contributed by atoms with van der Waals surface area (Å²) in [4.78, 5) is 39.2. The van der Waals surface area contributed by atoms with E-state index in [2.05, 4.69) is 16.0 Å². The first kappa shape index (κ1) is 88.7. The van der Waals surface area contributed by atoms with Gasteiger partial charge in [-0.1, -0.05) is 0 Å². The molecule has 626 valence electrons. The van der Waals surface area contributed by atoms with E-state index in [-0.39, 0.29) is 0 Å². The Bertz CT molecular complexity index is 2820. The van der Waals surface area contributed by atoms with Gasteiger partial charge in [0, 0.05) is 20.8 Å². The van der Waals surface area contributed by atoms with Crippen LogP contribution < -0.4 is 16.0 Å². The van der Waals surface area contributed by atoms with Crippen LogP contribution in [0.1, 0.15) is 27.7 Å². The van der Waals surface area contributed by atoms with E-state index in [1.54, 1.807) is 0 Å². The summed E-state index contributed by atoms with van der Waals surface area (Å²) in [6, 6.07) is -5.74. The highest BCUT2D eigenvalue weighted by Gasteiger charge is 2.61. The minimum absolute atomic E-state index is 0.903. The minimum Gasteiger partial charge on any atom is -0.394 e. The third kappa shape index (κ3) is 19.1. The number of aliphatic hydroxyl groups is 25. The molecule has 9 aliphatic heterocycles. The molecular formula is C60H101N3O45. The van der Waals surface area contributed by atoms with Crippen LogP contribution in [0, 0.1) is 0 Å². The summed E-state index contributed by atoms with van der Waals surface area (Å²) in [5.41, 5.74) is 0. The molecule has 48 nitrogen and oxygen atoms in total. The molecule has 0 bridgehead atoms. The molecule has 0 aliphatic carbocycles. The van der Waals surface area contributed by atoms with Gasteiger partial charge in [-0.15, -0.1) is 0 Å². The maximum Gasteiger partial charge on any atom is 0.217 e. The van der Waals surface area contributed by atoms with Gasteiger partial charge >= 0.3 is 0 Å². The Kier molecular flexibility index (Phi) is 31.6. The van der Waals surface area contributed by atoms with Crippen molar-refractivity contribution in [2.75, 3.05) is 52.9 Å². The van der Waals surface area contributed by atoms with Gasteiger partial charge in [-0.25, -0.2) is 0 Å². The molecule has 0 aromatic rings. The van der Waals surface area contributed by atoms with Crippen LogP contribution in [-0.4, -0.2) is 474 Å². The fourth-order valence-electron chi connectivity index (χ4n) is 14.0. The Balaban J connectivity index is 1.02. The average molecular weight is 1580 g/mol. The van der Waals surface area contributed by atoms with E-state index < -0.39 is 347 Å². The SMILES string of the molecule is CC(=O)NC1C(OC2C(O)C(COC3OC(CO)C(OC4OC(CO)C(O)C(OC5OC(CO)C(OC6OC(CO)C(O)C(O)C6O)C(O)C5NC(C)=O)C4O)C(OC4OC(C)C(O)C(O)C4O)C3NC(C)=O)OC(OC3C(CO)OC(O)C(O)C3O)C2O)OC(CO)C(OC2OC(CO)C(O)C(O)C2O)C1O. The van der Waals surface area contributed by atoms with Crippen LogP contribution in [0.5, 0.6) is 0 Å². The van der Waals surface area contributed by atoms with E-state index in [0.29, 0.717) is 0 Å². The summed E-state index contributed by atoms with van der Waals surface area (Å²) < 4.78 is 100. The van der Waals surface area contributed by atoms with E-state index in [9.17, 15) is 142 Å². The predicted octanol–water partition coefficient (Wildman–Crippen LogP) is -19.2. The second kappa shape index (κ2) is 38.5. The van der Waals surface area contributed by atoms with Crippen molar-refractivity contribution in [3.8, 4) is 0 Å². The topological polar surface area (TPSA) is 750 Å². The summed E-state index contributed by atoms with van der Waals surface area (Å²) in [5, 5.41) is 282. The van der Waals surface area contributed by atoms with Gasteiger partial charge in [-0.05, 0) is 6.92 Å². The van der Waals surface area contributed by atoms with E-state index in [4.69, 9.17) is 80.5 Å². The van der Waals surface area contributed by atoms with Gasteiger partial charge < -0.3 is 224 Å². The number of carbonyl (C=O) groups is 3. The van der Waals surface area contributed by atoms with Gasteiger partial charge in [-0.2, -0.15) is 0 Å². The van der Waals surface area contributed by atoms with Gasteiger partial charge in [0.15, 0.2) is 56.6 Å². The molecule has 9 heterocycles. The van der Waals surface area contributed by atoms with Crippen LogP contribution in [0.3, 0.4) is 0 Å². The van der Waals surface area contributed by atoms with Crippen LogP contribution in [0.4, 0.5) is 0 Å². The molecule has 45 atom stereocenters. The molecule has 48 heteroatoms. The molecule has 108 heavy (non-hydrogen) atoms. The van der Waals surface area contributed by atoms with E-state index in [0.717, 1.165) is 20.8 Å². The highest BCUT2D eigenvalue weighted by molar-refractivity contribution is 5.74. The van der Waals surface area contributed by atoms with E-state index >= 15 is 0 Å². The normalized spacial score (nSPS) is 50.4. The third-order valence-electron chi connectivity index (χ3n) is 19.9. The van der Waals surface area contributed by atoms with Crippen LogP contribution in [0.25, 0.3) is 0 Å². The molecule has 9 saturated heterocycles. The zero-order valence-corrected chi connectivity index (χ0v) is 58.0. The van der Waals surface area contributed by atoms with Crippen molar-refractivity contribution in [1.29, 1.82) is 0 Å². The number of aliphatic hydroxyl groups excluding tert-OH is 25. The lowest BCUT2D eigenvalue weighted by Crippen LogP contribution is -2.71. The number of carbonyl (C=O) groups excluding carboxylic acids is 3. The first-order chi connectivity index (χ1) is 51.1. The quantitative estimate of drug-likeness (QED) is 0.0363. The molecule has 45 unspecified atom stereocenters. The lowest BCUT2D eigenvalue weighted by atomic mass is 9.93.